The molecule has 0 aliphatic carbocycles. The summed E-state index contributed by atoms with van der Waals surface area (Å²) in [7, 11) is 0. The minimum atomic E-state index is -0.0151. The predicted octanol–water partition coefficient (Wildman–Crippen LogP) is 2.63. The Bertz CT molecular complexity index is 418. The molecule has 0 heterocycles. The van der Waals surface area contributed by atoms with E-state index in [1.807, 2.05) is 29.2 Å². The Hall–Kier alpha value is -1.58. The van der Waals surface area contributed by atoms with Gasteiger partial charge in [-0.2, -0.15) is 0 Å². The lowest BCUT2D eigenvalue weighted by Crippen LogP contribution is -2.37. The minimum Gasteiger partial charge on any atom is -0.351 e. The fourth-order valence-electron chi connectivity index (χ4n) is 1.63. The summed E-state index contributed by atoms with van der Waals surface area (Å²) in [5.74, 6) is -0.0151. The van der Waals surface area contributed by atoms with Crippen molar-refractivity contribution >= 4 is 17.5 Å². The van der Waals surface area contributed by atoms with Gasteiger partial charge in [-0.1, -0.05) is 35.9 Å². The van der Waals surface area contributed by atoms with E-state index in [4.69, 9.17) is 11.6 Å². The SMILES string of the molecule is C=CCN(CC=C)CC(=O)NCc1ccc(Cl)cc1. The highest BCUT2D eigenvalue weighted by atomic mass is 35.5. The van der Waals surface area contributed by atoms with Crippen molar-refractivity contribution < 1.29 is 4.79 Å². The molecule has 0 aliphatic rings. The van der Waals surface area contributed by atoms with E-state index in [9.17, 15) is 4.79 Å². The van der Waals surface area contributed by atoms with Crippen LogP contribution in [0.3, 0.4) is 0 Å². The van der Waals surface area contributed by atoms with Crippen molar-refractivity contribution in [1.29, 1.82) is 0 Å². The number of carbonyl (C=O) groups excluding carboxylic acids is 1. The molecule has 1 rings (SSSR count). The molecular weight excluding hydrogens is 260 g/mol. The average molecular weight is 279 g/mol. The minimum absolute atomic E-state index is 0.0151. The number of hydrogen-bond acceptors (Lipinski definition) is 2. The highest BCUT2D eigenvalue weighted by Crippen LogP contribution is 2.09. The van der Waals surface area contributed by atoms with Crippen LogP contribution < -0.4 is 5.32 Å². The van der Waals surface area contributed by atoms with Gasteiger partial charge < -0.3 is 5.32 Å². The third-order valence-electron chi connectivity index (χ3n) is 2.54. The Morgan fingerprint density at radius 2 is 1.79 bits per heavy atom. The molecular formula is C15H19ClN2O. The maximum Gasteiger partial charge on any atom is 0.234 e. The molecule has 1 N–H and O–H groups in total. The molecule has 1 aromatic rings. The maximum atomic E-state index is 11.8. The number of carbonyl (C=O) groups is 1. The van der Waals surface area contributed by atoms with Gasteiger partial charge in [-0.15, -0.1) is 13.2 Å². The molecule has 1 amide bonds. The summed E-state index contributed by atoms with van der Waals surface area (Å²) in [6.45, 7) is 9.52. The van der Waals surface area contributed by atoms with Crippen LogP contribution in [0.4, 0.5) is 0 Å². The molecule has 19 heavy (non-hydrogen) atoms. The second kappa shape index (κ2) is 8.51. The first-order valence-electron chi connectivity index (χ1n) is 6.11. The van der Waals surface area contributed by atoms with Crippen LogP contribution in [0.25, 0.3) is 0 Å². The number of halogens is 1. The Labute approximate surface area is 119 Å². The van der Waals surface area contributed by atoms with Gasteiger partial charge in [-0.05, 0) is 17.7 Å². The summed E-state index contributed by atoms with van der Waals surface area (Å²) < 4.78 is 0. The summed E-state index contributed by atoms with van der Waals surface area (Å²) >= 11 is 5.80. The predicted molar refractivity (Wildman–Crippen MR) is 80.1 cm³/mol. The maximum absolute atomic E-state index is 11.8. The van der Waals surface area contributed by atoms with Crippen molar-refractivity contribution in [1.82, 2.24) is 10.2 Å². The Morgan fingerprint density at radius 1 is 1.21 bits per heavy atom. The van der Waals surface area contributed by atoms with Crippen LogP contribution in [0.1, 0.15) is 5.56 Å². The number of amides is 1. The summed E-state index contributed by atoms with van der Waals surface area (Å²) in [5.41, 5.74) is 1.02. The Kier molecular flexibility index (Phi) is 6.93. The molecule has 0 atom stereocenters. The number of rotatable bonds is 8. The first-order valence-corrected chi connectivity index (χ1v) is 6.48. The van der Waals surface area contributed by atoms with Crippen molar-refractivity contribution in [3.63, 3.8) is 0 Å². The van der Waals surface area contributed by atoms with Gasteiger partial charge in [0.1, 0.15) is 0 Å². The van der Waals surface area contributed by atoms with Crippen LogP contribution in [-0.2, 0) is 11.3 Å². The molecule has 0 unspecified atom stereocenters. The van der Waals surface area contributed by atoms with Gasteiger partial charge in [-0.3, -0.25) is 9.69 Å². The second-order valence-electron chi connectivity index (χ2n) is 4.17. The molecule has 0 aliphatic heterocycles. The molecule has 3 nitrogen and oxygen atoms in total. The van der Waals surface area contributed by atoms with Crippen molar-refractivity contribution in [3.05, 3.63) is 60.2 Å². The number of nitrogens with zero attached hydrogens (tertiary/aromatic N) is 1. The lowest BCUT2D eigenvalue weighted by molar-refractivity contribution is -0.122. The molecule has 0 saturated heterocycles. The van der Waals surface area contributed by atoms with Gasteiger partial charge >= 0.3 is 0 Å². The van der Waals surface area contributed by atoms with E-state index < -0.39 is 0 Å². The van der Waals surface area contributed by atoms with E-state index in [-0.39, 0.29) is 5.91 Å². The van der Waals surface area contributed by atoms with E-state index in [0.717, 1.165) is 5.56 Å². The molecule has 0 fully saturated rings. The first kappa shape index (κ1) is 15.5. The zero-order valence-electron chi connectivity index (χ0n) is 10.9. The molecule has 1 aromatic carbocycles. The Balaban J connectivity index is 2.39. The van der Waals surface area contributed by atoms with E-state index in [1.165, 1.54) is 0 Å². The standard InChI is InChI=1S/C15H19ClN2O/c1-3-9-18(10-4-2)12-15(19)17-11-13-5-7-14(16)8-6-13/h3-8H,1-2,9-12H2,(H,17,19). The van der Waals surface area contributed by atoms with Crippen molar-refractivity contribution in [3.8, 4) is 0 Å². The third-order valence-corrected chi connectivity index (χ3v) is 2.80. The van der Waals surface area contributed by atoms with E-state index in [1.54, 1.807) is 12.2 Å². The van der Waals surface area contributed by atoms with Crippen LogP contribution in [-0.4, -0.2) is 30.4 Å². The van der Waals surface area contributed by atoms with Gasteiger partial charge in [0.05, 0.1) is 6.54 Å². The summed E-state index contributed by atoms with van der Waals surface area (Å²) in [4.78, 5) is 13.8. The monoisotopic (exact) mass is 278 g/mol. The van der Waals surface area contributed by atoms with Gasteiger partial charge in [0.25, 0.3) is 0 Å². The highest BCUT2D eigenvalue weighted by molar-refractivity contribution is 6.30. The van der Waals surface area contributed by atoms with E-state index in [0.29, 0.717) is 31.2 Å². The van der Waals surface area contributed by atoms with E-state index in [2.05, 4.69) is 18.5 Å². The number of hydrogen-bond donors (Lipinski definition) is 1. The fraction of sp³-hybridized carbons (Fsp3) is 0.267. The molecule has 0 saturated carbocycles. The summed E-state index contributed by atoms with van der Waals surface area (Å²) in [6.07, 6.45) is 3.55. The van der Waals surface area contributed by atoms with Crippen LogP contribution in [0.5, 0.6) is 0 Å². The third kappa shape index (κ3) is 6.22. The number of benzene rings is 1. The zero-order chi connectivity index (χ0) is 14.1. The lowest BCUT2D eigenvalue weighted by atomic mass is 10.2. The second-order valence-corrected chi connectivity index (χ2v) is 4.61. The lowest BCUT2D eigenvalue weighted by Gasteiger charge is -2.18. The van der Waals surface area contributed by atoms with Crippen LogP contribution in [0, 0.1) is 0 Å². The quantitative estimate of drug-likeness (QED) is 0.742. The smallest absolute Gasteiger partial charge is 0.234 e. The molecule has 4 heteroatoms. The largest absolute Gasteiger partial charge is 0.351 e. The first-order chi connectivity index (χ1) is 9.15. The molecule has 0 aromatic heterocycles. The summed E-state index contributed by atoms with van der Waals surface area (Å²) in [5, 5.41) is 3.57. The van der Waals surface area contributed by atoms with Gasteiger partial charge in [-0.25, -0.2) is 0 Å². The topological polar surface area (TPSA) is 32.3 Å². The van der Waals surface area contributed by atoms with Gasteiger partial charge in [0.15, 0.2) is 0 Å². The number of nitrogens with one attached hydrogen (secondary N) is 1. The Morgan fingerprint density at radius 3 is 2.32 bits per heavy atom. The molecule has 0 radical (unpaired) electrons. The van der Waals surface area contributed by atoms with Crippen molar-refractivity contribution in [2.24, 2.45) is 0 Å². The highest BCUT2D eigenvalue weighted by Gasteiger charge is 2.07. The van der Waals surface area contributed by atoms with Crippen LogP contribution in [0.2, 0.25) is 5.02 Å². The zero-order valence-corrected chi connectivity index (χ0v) is 11.7. The fourth-order valence-corrected chi connectivity index (χ4v) is 1.76. The van der Waals surface area contributed by atoms with Crippen LogP contribution in [0.15, 0.2) is 49.6 Å². The van der Waals surface area contributed by atoms with Gasteiger partial charge in [0, 0.05) is 24.7 Å². The molecule has 102 valence electrons. The van der Waals surface area contributed by atoms with E-state index >= 15 is 0 Å². The normalized spacial score (nSPS) is 10.2. The molecule has 0 spiro atoms. The van der Waals surface area contributed by atoms with Crippen molar-refractivity contribution in [2.45, 2.75) is 6.54 Å². The summed E-state index contributed by atoms with van der Waals surface area (Å²) in [6, 6.07) is 7.41. The van der Waals surface area contributed by atoms with Crippen LogP contribution >= 0.6 is 11.6 Å². The average Bonchev–Trinajstić information content (AvgIpc) is 2.39. The van der Waals surface area contributed by atoms with Gasteiger partial charge in [0.2, 0.25) is 5.91 Å². The van der Waals surface area contributed by atoms with Crippen molar-refractivity contribution in [2.75, 3.05) is 19.6 Å². The molecule has 0 bridgehead atoms.